The van der Waals surface area contributed by atoms with Crippen molar-refractivity contribution >= 4 is 11.6 Å². The molecule has 1 heterocycles. The minimum absolute atomic E-state index is 0.0231. The van der Waals surface area contributed by atoms with Crippen molar-refractivity contribution < 1.29 is 19.1 Å². The molecule has 28 heavy (non-hydrogen) atoms. The van der Waals surface area contributed by atoms with Crippen LogP contribution in [-0.4, -0.2) is 18.4 Å². The average Bonchev–Trinajstić information content (AvgIpc) is 3.22. The molecule has 0 unspecified atom stereocenters. The van der Waals surface area contributed by atoms with Crippen LogP contribution in [0.1, 0.15) is 38.8 Å². The van der Waals surface area contributed by atoms with Gasteiger partial charge >= 0.3 is 0 Å². The number of benzene rings is 3. The first-order valence-electron chi connectivity index (χ1n) is 8.59. The predicted octanol–water partition coefficient (Wildman–Crippen LogP) is 4.41. The molecule has 5 nitrogen and oxygen atoms in total. The van der Waals surface area contributed by atoms with Gasteiger partial charge in [-0.1, -0.05) is 30.3 Å². The van der Waals surface area contributed by atoms with Gasteiger partial charge in [-0.15, -0.1) is 0 Å². The zero-order valence-corrected chi connectivity index (χ0v) is 15.2. The van der Waals surface area contributed by atoms with Crippen molar-refractivity contribution in [3.63, 3.8) is 0 Å². The van der Waals surface area contributed by atoms with Crippen LogP contribution >= 0.6 is 0 Å². The van der Waals surface area contributed by atoms with E-state index in [0.29, 0.717) is 33.8 Å². The highest BCUT2D eigenvalue weighted by Gasteiger charge is 2.14. The Balaban J connectivity index is 0.000000167. The topological polar surface area (TPSA) is 76.4 Å². The second kappa shape index (κ2) is 8.65. The summed E-state index contributed by atoms with van der Waals surface area (Å²) in [5, 5.41) is 8.65. The van der Waals surface area contributed by atoms with Crippen molar-refractivity contribution in [1.82, 2.24) is 0 Å². The lowest BCUT2D eigenvalue weighted by atomic mass is 10.0. The minimum atomic E-state index is -0.0231. The monoisotopic (exact) mass is 371 g/mol. The standard InChI is InChI=1S/C14H9NO.C9H8O3/c15-10-11-6-8-13(9-7-11)14(16)12-4-2-1-3-5-12;1-6(10)7-2-3-8-9(4-7)12-5-11-8/h1-9H;2-4H,5H2,1H3. The van der Waals surface area contributed by atoms with Gasteiger partial charge in [0, 0.05) is 16.7 Å². The summed E-state index contributed by atoms with van der Waals surface area (Å²) < 4.78 is 10.2. The molecule has 0 saturated carbocycles. The number of carbonyl (C=O) groups excluding carboxylic acids is 2. The molecule has 0 spiro atoms. The molecule has 4 rings (SSSR count). The molecular weight excluding hydrogens is 354 g/mol. The van der Waals surface area contributed by atoms with E-state index in [1.807, 2.05) is 24.3 Å². The lowest BCUT2D eigenvalue weighted by molar-refractivity contribution is 0.101. The van der Waals surface area contributed by atoms with E-state index < -0.39 is 0 Å². The Morgan fingerprint density at radius 2 is 1.43 bits per heavy atom. The molecule has 0 amide bonds. The van der Waals surface area contributed by atoms with Crippen LogP contribution in [0.2, 0.25) is 0 Å². The number of hydrogen-bond acceptors (Lipinski definition) is 5. The van der Waals surface area contributed by atoms with Gasteiger partial charge < -0.3 is 9.47 Å². The van der Waals surface area contributed by atoms with Crippen molar-refractivity contribution in [2.45, 2.75) is 6.92 Å². The molecule has 1 aliphatic rings. The molecule has 0 N–H and O–H groups in total. The Morgan fingerprint density at radius 1 is 0.821 bits per heavy atom. The van der Waals surface area contributed by atoms with E-state index in [-0.39, 0.29) is 18.4 Å². The molecule has 0 saturated heterocycles. The molecule has 0 bridgehead atoms. The Hall–Kier alpha value is -3.91. The summed E-state index contributed by atoms with van der Waals surface area (Å²) in [5.41, 5.74) is 2.47. The molecule has 0 radical (unpaired) electrons. The maximum Gasteiger partial charge on any atom is 0.231 e. The fourth-order valence-electron chi connectivity index (χ4n) is 2.57. The number of ether oxygens (including phenoxy) is 2. The molecule has 1 aliphatic heterocycles. The van der Waals surface area contributed by atoms with Crippen LogP contribution in [0.15, 0.2) is 72.8 Å². The van der Waals surface area contributed by atoms with Gasteiger partial charge in [0.1, 0.15) is 0 Å². The summed E-state index contributed by atoms with van der Waals surface area (Å²) in [6.45, 7) is 1.77. The molecule has 3 aromatic rings. The fourth-order valence-corrected chi connectivity index (χ4v) is 2.57. The van der Waals surface area contributed by atoms with Gasteiger partial charge in [0.25, 0.3) is 0 Å². The second-order valence-electron chi connectivity index (χ2n) is 6.01. The Morgan fingerprint density at radius 3 is 2.07 bits per heavy atom. The summed E-state index contributed by atoms with van der Waals surface area (Å²) >= 11 is 0. The first-order chi connectivity index (χ1) is 13.6. The van der Waals surface area contributed by atoms with Gasteiger partial charge in [-0.2, -0.15) is 5.26 Å². The van der Waals surface area contributed by atoms with Gasteiger partial charge in [-0.25, -0.2) is 0 Å². The summed E-state index contributed by atoms with van der Waals surface area (Å²) in [5.74, 6) is 1.38. The number of carbonyl (C=O) groups is 2. The summed E-state index contributed by atoms with van der Waals surface area (Å²) in [4.78, 5) is 22.9. The number of ketones is 2. The third kappa shape index (κ3) is 4.43. The van der Waals surface area contributed by atoms with Crippen molar-refractivity contribution in [2.75, 3.05) is 6.79 Å². The molecule has 0 fully saturated rings. The smallest absolute Gasteiger partial charge is 0.231 e. The third-order valence-corrected chi connectivity index (χ3v) is 4.09. The van der Waals surface area contributed by atoms with E-state index in [4.69, 9.17) is 14.7 Å². The van der Waals surface area contributed by atoms with Crippen LogP contribution in [0, 0.1) is 11.3 Å². The lowest BCUT2D eigenvalue weighted by Crippen LogP contribution is -2.00. The van der Waals surface area contributed by atoms with Crippen LogP contribution in [0.5, 0.6) is 11.5 Å². The highest BCUT2D eigenvalue weighted by Crippen LogP contribution is 2.32. The van der Waals surface area contributed by atoms with Crippen LogP contribution in [0.3, 0.4) is 0 Å². The zero-order chi connectivity index (χ0) is 19.9. The number of nitrogens with zero attached hydrogens (tertiary/aromatic N) is 1. The molecular formula is C23H17NO4. The number of nitriles is 1. The van der Waals surface area contributed by atoms with Crippen LogP contribution in [0.4, 0.5) is 0 Å². The normalized spacial score (nSPS) is 11.0. The van der Waals surface area contributed by atoms with Crippen LogP contribution < -0.4 is 9.47 Å². The number of rotatable bonds is 3. The van der Waals surface area contributed by atoms with Crippen molar-refractivity contribution in [2.24, 2.45) is 0 Å². The highest BCUT2D eigenvalue weighted by atomic mass is 16.7. The molecule has 0 atom stereocenters. The maximum absolute atomic E-state index is 12.0. The van der Waals surface area contributed by atoms with Crippen LogP contribution in [0.25, 0.3) is 0 Å². The van der Waals surface area contributed by atoms with Crippen molar-refractivity contribution in [3.05, 3.63) is 95.1 Å². The van der Waals surface area contributed by atoms with E-state index in [0.717, 1.165) is 0 Å². The Bertz CT molecular complexity index is 1030. The molecule has 0 aliphatic carbocycles. The number of Topliss-reactive ketones (excluding diaryl/α,β-unsaturated/α-hetero) is 1. The largest absolute Gasteiger partial charge is 0.454 e. The third-order valence-electron chi connectivity index (χ3n) is 4.09. The Kier molecular flexibility index (Phi) is 5.83. The van der Waals surface area contributed by atoms with E-state index in [1.165, 1.54) is 6.92 Å². The van der Waals surface area contributed by atoms with E-state index in [2.05, 4.69) is 0 Å². The quantitative estimate of drug-likeness (QED) is 0.638. The average molecular weight is 371 g/mol. The first-order valence-corrected chi connectivity index (χ1v) is 8.59. The molecule has 3 aromatic carbocycles. The Labute approximate surface area is 162 Å². The van der Waals surface area contributed by atoms with Gasteiger partial charge in [0.05, 0.1) is 11.6 Å². The van der Waals surface area contributed by atoms with E-state index in [1.54, 1.807) is 54.6 Å². The molecule has 5 heteroatoms. The van der Waals surface area contributed by atoms with Crippen LogP contribution in [-0.2, 0) is 0 Å². The SMILES string of the molecule is CC(=O)c1ccc2c(c1)OCO2.N#Cc1ccc(C(=O)c2ccccc2)cc1. The zero-order valence-electron chi connectivity index (χ0n) is 15.2. The van der Waals surface area contributed by atoms with E-state index >= 15 is 0 Å². The second-order valence-corrected chi connectivity index (χ2v) is 6.01. The van der Waals surface area contributed by atoms with Crippen molar-refractivity contribution in [3.8, 4) is 17.6 Å². The predicted molar refractivity (Wildman–Crippen MR) is 104 cm³/mol. The van der Waals surface area contributed by atoms with Crippen molar-refractivity contribution in [1.29, 1.82) is 5.26 Å². The van der Waals surface area contributed by atoms with Gasteiger partial charge in [0.2, 0.25) is 6.79 Å². The fraction of sp³-hybridized carbons (Fsp3) is 0.0870. The summed E-state index contributed by atoms with van der Waals surface area (Å²) in [6.07, 6.45) is 0. The number of hydrogen-bond donors (Lipinski definition) is 0. The number of fused-ring (bicyclic) bond motifs is 1. The van der Waals surface area contributed by atoms with Gasteiger partial charge in [0.15, 0.2) is 23.1 Å². The highest BCUT2D eigenvalue weighted by molar-refractivity contribution is 6.08. The molecule has 138 valence electrons. The summed E-state index contributed by atoms with van der Waals surface area (Å²) in [7, 11) is 0. The maximum atomic E-state index is 12.0. The van der Waals surface area contributed by atoms with Gasteiger partial charge in [-0.05, 0) is 49.4 Å². The minimum Gasteiger partial charge on any atom is -0.454 e. The van der Waals surface area contributed by atoms with E-state index in [9.17, 15) is 9.59 Å². The lowest BCUT2D eigenvalue weighted by Gasteiger charge is -2.00. The molecule has 0 aromatic heterocycles. The summed E-state index contributed by atoms with van der Waals surface area (Å²) in [6, 6.07) is 22.9. The van der Waals surface area contributed by atoms with Gasteiger partial charge in [-0.3, -0.25) is 9.59 Å². The first kappa shape index (κ1) is 18.9.